The third kappa shape index (κ3) is 3.39. The van der Waals surface area contributed by atoms with Gasteiger partial charge in [0.05, 0.1) is 14.2 Å². The van der Waals surface area contributed by atoms with Crippen molar-refractivity contribution in [3.05, 3.63) is 48.0 Å². The molecule has 1 N–H and O–H groups in total. The molecule has 0 aliphatic rings. The van der Waals surface area contributed by atoms with E-state index in [1.54, 1.807) is 26.0 Å². The fourth-order valence-corrected chi connectivity index (χ4v) is 2.60. The number of ether oxygens (including phenoxy) is 2. The largest absolute Gasteiger partial charge is 0.493 e. The molecule has 0 atom stereocenters. The number of rotatable bonds is 6. The zero-order valence-corrected chi connectivity index (χ0v) is 12.8. The normalized spacial score (nSPS) is 10.2. The van der Waals surface area contributed by atoms with Gasteiger partial charge in [0, 0.05) is 17.1 Å². The predicted molar refractivity (Wildman–Crippen MR) is 85.1 cm³/mol. The molecule has 0 amide bonds. The van der Waals surface area contributed by atoms with Gasteiger partial charge in [-0.1, -0.05) is 18.2 Å². The standard InChI is InChI=1S/C16H19NO2S/c1-18-14-9-12(16(20-3)10-15(14)19-2)11-17-13-7-5-4-6-8-13/h4-10,17H,11H2,1-3H3. The Kier molecular flexibility index (Phi) is 5.18. The van der Waals surface area contributed by atoms with Gasteiger partial charge in [-0.25, -0.2) is 0 Å². The number of hydrogen-bond acceptors (Lipinski definition) is 4. The summed E-state index contributed by atoms with van der Waals surface area (Å²) in [6, 6.07) is 14.2. The minimum Gasteiger partial charge on any atom is -0.493 e. The highest BCUT2D eigenvalue weighted by molar-refractivity contribution is 7.98. The Morgan fingerprint density at radius 3 is 2.25 bits per heavy atom. The first-order chi connectivity index (χ1) is 9.78. The lowest BCUT2D eigenvalue weighted by Crippen LogP contribution is -2.02. The molecule has 0 aliphatic heterocycles. The maximum atomic E-state index is 5.37. The van der Waals surface area contributed by atoms with Crippen LogP contribution < -0.4 is 14.8 Å². The lowest BCUT2D eigenvalue weighted by atomic mass is 10.2. The molecule has 3 nitrogen and oxygen atoms in total. The number of benzene rings is 2. The van der Waals surface area contributed by atoms with Crippen molar-refractivity contribution in [1.29, 1.82) is 0 Å². The average Bonchev–Trinajstić information content (AvgIpc) is 2.52. The monoisotopic (exact) mass is 289 g/mol. The minimum absolute atomic E-state index is 0.751. The van der Waals surface area contributed by atoms with E-state index in [9.17, 15) is 0 Å². The molecule has 0 unspecified atom stereocenters. The molecule has 0 spiro atoms. The molecule has 4 heteroatoms. The molecule has 0 aromatic heterocycles. The second kappa shape index (κ2) is 7.10. The number of para-hydroxylation sites is 1. The topological polar surface area (TPSA) is 30.5 Å². The van der Waals surface area contributed by atoms with Gasteiger partial charge in [-0.05, 0) is 36.1 Å². The van der Waals surface area contributed by atoms with Crippen molar-refractivity contribution in [1.82, 2.24) is 0 Å². The summed E-state index contributed by atoms with van der Waals surface area (Å²) in [5, 5.41) is 3.41. The van der Waals surface area contributed by atoms with Crippen LogP contribution in [-0.2, 0) is 6.54 Å². The molecule has 0 bridgehead atoms. The van der Waals surface area contributed by atoms with Gasteiger partial charge in [-0.2, -0.15) is 0 Å². The molecule has 2 rings (SSSR count). The van der Waals surface area contributed by atoms with E-state index in [-0.39, 0.29) is 0 Å². The molecule has 0 saturated carbocycles. The van der Waals surface area contributed by atoms with Crippen molar-refractivity contribution >= 4 is 17.4 Å². The van der Waals surface area contributed by atoms with E-state index >= 15 is 0 Å². The lowest BCUT2D eigenvalue weighted by molar-refractivity contribution is 0.353. The van der Waals surface area contributed by atoms with Gasteiger partial charge < -0.3 is 14.8 Å². The maximum Gasteiger partial charge on any atom is 0.161 e. The second-order valence-corrected chi connectivity index (χ2v) is 5.09. The van der Waals surface area contributed by atoms with Crippen LogP contribution in [0.1, 0.15) is 5.56 Å². The summed E-state index contributed by atoms with van der Waals surface area (Å²) in [6.07, 6.45) is 2.06. The smallest absolute Gasteiger partial charge is 0.161 e. The van der Waals surface area contributed by atoms with Gasteiger partial charge in [0.2, 0.25) is 0 Å². The second-order valence-electron chi connectivity index (χ2n) is 4.24. The zero-order chi connectivity index (χ0) is 14.4. The molecule has 0 radical (unpaired) electrons. The Balaban J connectivity index is 2.21. The first-order valence-corrected chi connectivity index (χ1v) is 7.58. The third-order valence-corrected chi connectivity index (χ3v) is 3.86. The highest BCUT2D eigenvalue weighted by Crippen LogP contribution is 2.34. The summed E-state index contributed by atoms with van der Waals surface area (Å²) in [4.78, 5) is 1.19. The van der Waals surface area contributed by atoms with Crippen LogP contribution in [0.25, 0.3) is 0 Å². The number of hydrogen-bond donors (Lipinski definition) is 1. The van der Waals surface area contributed by atoms with Gasteiger partial charge in [-0.15, -0.1) is 11.8 Å². The summed E-state index contributed by atoms with van der Waals surface area (Å²) in [6.45, 7) is 0.751. The molecule has 0 heterocycles. The Bertz CT molecular complexity index is 558. The number of thioether (sulfide) groups is 1. The Morgan fingerprint density at radius 2 is 1.65 bits per heavy atom. The van der Waals surface area contributed by atoms with Crippen molar-refractivity contribution < 1.29 is 9.47 Å². The van der Waals surface area contributed by atoms with E-state index in [4.69, 9.17) is 9.47 Å². The van der Waals surface area contributed by atoms with Crippen molar-refractivity contribution in [3.63, 3.8) is 0 Å². The number of methoxy groups -OCH3 is 2. The first-order valence-electron chi connectivity index (χ1n) is 6.36. The predicted octanol–water partition coefficient (Wildman–Crippen LogP) is 4.04. The fourth-order valence-electron chi connectivity index (χ4n) is 1.98. The molecule has 0 aliphatic carbocycles. The fraction of sp³-hybridized carbons (Fsp3) is 0.250. The molecule has 106 valence electrons. The van der Waals surface area contributed by atoms with Crippen LogP contribution in [0.4, 0.5) is 5.69 Å². The molecular formula is C16H19NO2S. The van der Waals surface area contributed by atoms with Crippen molar-refractivity contribution in [3.8, 4) is 11.5 Å². The molecular weight excluding hydrogens is 270 g/mol. The van der Waals surface area contributed by atoms with Crippen molar-refractivity contribution in [2.45, 2.75) is 11.4 Å². The SMILES string of the molecule is COc1cc(CNc2ccccc2)c(SC)cc1OC. The van der Waals surface area contributed by atoms with E-state index in [1.807, 2.05) is 30.3 Å². The van der Waals surface area contributed by atoms with Crippen LogP contribution in [0.2, 0.25) is 0 Å². The average molecular weight is 289 g/mol. The van der Waals surface area contributed by atoms with Crippen LogP contribution in [0, 0.1) is 0 Å². The van der Waals surface area contributed by atoms with Gasteiger partial charge in [0.1, 0.15) is 0 Å². The summed E-state index contributed by atoms with van der Waals surface area (Å²) >= 11 is 1.70. The minimum atomic E-state index is 0.751. The van der Waals surface area contributed by atoms with Gasteiger partial charge in [0.15, 0.2) is 11.5 Å². The quantitative estimate of drug-likeness (QED) is 0.813. The molecule has 0 saturated heterocycles. The number of nitrogens with one attached hydrogen (secondary N) is 1. The van der Waals surface area contributed by atoms with Crippen molar-refractivity contribution in [2.75, 3.05) is 25.8 Å². The van der Waals surface area contributed by atoms with Crippen LogP contribution in [0.5, 0.6) is 11.5 Å². The Hall–Kier alpha value is -1.81. The van der Waals surface area contributed by atoms with Gasteiger partial charge >= 0.3 is 0 Å². The summed E-state index contributed by atoms with van der Waals surface area (Å²) < 4.78 is 10.7. The molecule has 2 aromatic rings. The van der Waals surface area contributed by atoms with Crippen LogP contribution in [0.15, 0.2) is 47.4 Å². The van der Waals surface area contributed by atoms with Crippen LogP contribution in [-0.4, -0.2) is 20.5 Å². The van der Waals surface area contributed by atoms with Crippen LogP contribution >= 0.6 is 11.8 Å². The first kappa shape index (κ1) is 14.6. The van der Waals surface area contributed by atoms with E-state index in [0.29, 0.717) is 0 Å². The number of anilines is 1. The maximum absolute atomic E-state index is 5.37. The van der Waals surface area contributed by atoms with Crippen LogP contribution in [0.3, 0.4) is 0 Å². The lowest BCUT2D eigenvalue weighted by Gasteiger charge is -2.14. The highest BCUT2D eigenvalue weighted by Gasteiger charge is 2.10. The van der Waals surface area contributed by atoms with E-state index in [2.05, 4.69) is 23.7 Å². The summed E-state index contributed by atoms with van der Waals surface area (Å²) in [5.74, 6) is 1.52. The van der Waals surface area contributed by atoms with Gasteiger partial charge in [-0.3, -0.25) is 0 Å². The van der Waals surface area contributed by atoms with E-state index < -0.39 is 0 Å². The third-order valence-electron chi connectivity index (χ3n) is 3.04. The summed E-state index contributed by atoms with van der Waals surface area (Å²) in [7, 11) is 3.31. The van der Waals surface area contributed by atoms with E-state index in [0.717, 1.165) is 23.7 Å². The molecule has 2 aromatic carbocycles. The summed E-state index contributed by atoms with van der Waals surface area (Å²) in [5.41, 5.74) is 2.30. The Morgan fingerprint density at radius 1 is 1.00 bits per heavy atom. The van der Waals surface area contributed by atoms with Crippen molar-refractivity contribution in [2.24, 2.45) is 0 Å². The Labute approximate surface area is 124 Å². The van der Waals surface area contributed by atoms with Gasteiger partial charge in [0.25, 0.3) is 0 Å². The molecule has 20 heavy (non-hydrogen) atoms. The molecule has 0 fully saturated rings. The van der Waals surface area contributed by atoms with E-state index in [1.165, 1.54) is 10.5 Å². The zero-order valence-electron chi connectivity index (χ0n) is 12.0. The highest BCUT2D eigenvalue weighted by atomic mass is 32.2.